The maximum Gasteiger partial charge on any atom is 0.333 e. The van der Waals surface area contributed by atoms with Crippen molar-refractivity contribution in [2.75, 3.05) is 31.6 Å². The summed E-state index contributed by atoms with van der Waals surface area (Å²) in [6.45, 7) is 14.0. The first-order valence-electron chi connectivity index (χ1n) is 12.9. The van der Waals surface area contributed by atoms with E-state index in [-0.39, 0.29) is 6.03 Å². The van der Waals surface area contributed by atoms with Gasteiger partial charge < -0.3 is 24.8 Å². The van der Waals surface area contributed by atoms with Crippen molar-refractivity contribution in [1.29, 1.82) is 0 Å². The lowest BCUT2D eigenvalue weighted by molar-refractivity contribution is -0.149. The number of carboxylic acid groups (broad SMARTS) is 1. The molecule has 0 aromatic heterocycles. The van der Waals surface area contributed by atoms with Crippen LogP contribution < -0.4 is 10.1 Å². The number of amides is 2. The third-order valence-electron chi connectivity index (χ3n) is 6.45. The van der Waals surface area contributed by atoms with Gasteiger partial charge in [-0.25, -0.2) is 9.59 Å². The van der Waals surface area contributed by atoms with E-state index in [2.05, 4.69) is 38.2 Å². The monoisotopic (exact) mass is 498 g/mol. The first-order valence-corrected chi connectivity index (χ1v) is 12.9. The van der Waals surface area contributed by atoms with E-state index in [1.807, 2.05) is 43.0 Å². The number of aryl methyl sites for hydroxylation is 3. The van der Waals surface area contributed by atoms with Gasteiger partial charge in [-0.1, -0.05) is 56.5 Å². The number of carbonyl (C=O) groups excluding carboxylic acids is 1. The number of aliphatic carboxylic acids is 1. The minimum absolute atomic E-state index is 0.119. The second kappa shape index (κ2) is 14.5. The Balaban J connectivity index is 2.02. The Morgan fingerprint density at radius 3 is 2.14 bits per heavy atom. The molecule has 0 saturated heterocycles. The third kappa shape index (κ3) is 8.86. The molecule has 7 nitrogen and oxygen atoms in total. The number of anilines is 1. The number of benzene rings is 2. The van der Waals surface area contributed by atoms with Crippen molar-refractivity contribution in [3.8, 4) is 5.75 Å². The third-order valence-corrected chi connectivity index (χ3v) is 6.45. The lowest BCUT2D eigenvalue weighted by Gasteiger charge is -2.28. The molecular formula is C29H42N2O5. The summed E-state index contributed by atoms with van der Waals surface area (Å²) in [5.74, 6) is 0.127. The zero-order chi connectivity index (χ0) is 26.7. The van der Waals surface area contributed by atoms with Crippen molar-refractivity contribution in [1.82, 2.24) is 4.90 Å². The van der Waals surface area contributed by atoms with Crippen LogP contribution in [-0.2, 0) is 16.0 Å². The summed E-state index contributed by atoms with van der Waals surface area (Å²) >= 11 is 0. The summed E-state index contributed by atoms with van der Waals surface area (Å²) in [7, 11) is 0. The van der Waals surface area contributed by atoms with Crippen LogP contribution in [0.15, 0.2) is 36.4 Å². The smallest absolute Gasteiger partial charge is 0.333 e. The number of hydrogen-bond donors (Lipinski definition) is 2. The van der Waals surface area contributed by atoms with Gasteiger partial charge in [-0.3, -0.25) is 0 Å². The van der Waals surface area contributed by atoms with Gasteiger partial charge in [0.15, 0.2) is 6.10 Å². The predicted octanol–water partition coefficient (Wildman–Crippen LogP) is 5.99. The molecule has 2 aromatic carbocycles. The summed E-state index contributed by atoms with van der Waals surface area (Å²) < 4.78 is 11.2. The fourth-order valence-corrected chi connectivity index (χ4v) is 4.33. The van der Waals surface area contributed by atoms with Gasteiger partial charge in [0.25, 0.3) is 0 Å². The minimum atomic E-state index is -0.968. The normalized spacial score (nSPS) is 11.9. The molecule has 0 aliphatic carbocycles. The number of urea groups is 1. The number of nitrogens with one attached hydrogen (secondary N) is 1. The Hall–Kier alpha value is -3.06. The first-order chi connectivity index (χ1) is 17.2. The first kappa shape index (κ1) is 29.2. The van der Waals surface area contributed by atoms with E-state index in [4.69, 9.17) is 9.47 Å². The molecule has 0 heterocycles. The molecule has 0 aliphatic rings. The molecule has 1 atom stereocenters. The van der Waals surface area contributed by atoms with Gasteiger partial charge in [-0.15, -0.1) is 0 Å². The number of carbonyl (C=O) groups is 2. The van der Waals surface area contributed by atoms with Gasteiger partial charge in [0.1, 0.15) is 12.4 Å². The number of nitrogens with zero attached hydrogens (tertiary/aromatic N) is 1. The van der Waals surface area contributed by atoms with E-state index in [0.29, 0.717) is 44.4 Å². The number of carboxylic acids is 1. The molecule has 198 valence electrons. The highest BCUT2D eigenvalue weighted by Crippen LogP contribution is 2.23. The Labute approximate surface area is 215 Å². The van der Waals surface area contributed by atoms with Gasteiger partial charge in [-0.05, 0) is 62.4 Å². The summed E-state index contributed by atoms with van der Waals surface area (Å²) in [6, 6.07) is 11.4. The second-order valence-corrected chi connectivity index (χ2v) is 9.31. The van der Waals surface area contributed by atoms with Gasteiger partial charge >= 0.3 is 12.0 Å². The van der Waals surface area contributed by atoms with Crippen LogP contribution in [0.25, 0.3) is 0 Å². The molecule has 2 amide bonds. The minimum Gasteiger partial charge on any atom is -0.492 e. The molecule has 1 unspecified atom stereocenters. The largest absolute Gasteiger partial charge is 0.492 e. The molecule has 2 rings (SSSR count). The highest BCUT2D eigenvalue weighted by atomic mass is 16.5. The van der Waals surface area contributed by atoms with Crippen molar-refractivity contribution in [2.24, 2.45) is 5.92 Å². The van der Waals surface area contributed by atoms with Gasteiger partial charge in [0, 0.05) is 25.3 Å². The zero-order valence-corrected chi connectivity index (χ0v) is 22.6. The van der Waals surface area contributed by atoms with E-state index < -0.39 is 12.1 Å². The SMILES string of the molecule is CCOC(Cc1ccc(OCCN(CC(CC)CC)C(=O)Nc2c(C)cc(C)cc2C)cc1)C(=O)O. The topological polar surface area (TPSA) is 88.1 Å². The van der Waals surface area contributed by atoms with Crippen LogP contribution in [0.5, 0.6) is 5.75 Å². The van der Waals surface area contributed by atoms with Gasteiger partial charge in [0.05, 0.1) is 6.54 Å². The molecule has 0 saturated carbocycles. The average Bonchev–Trinajstić information content (AvgIpc) is 2.84. The number of rotatable bonds is 14. The average molecular weight is 499 g/mol. The molecule has 0 radical (unpaired) electrons. The van der Waals surface area contributed by atoms with Crippen LogP contribution in [-0.4, -0.2) is 54.4 Å². The summed E-state index contributed by atoms with van der Waals surface area (Å²) in [4.78, 5) is 26.4. The summed E-state index contributed by atoms with van der Waals surface area (Å²) in [5, 5.41) is 12.4. The van der Waals surface area contributed by atoms with Crippen LogP contribution in [0.3, 0.4) is 0 Å². The lowest BCUT2D eigenvalue weighted by Crippen LogP contribution is -2.41. The molecule has 36 heavy (non-hydrogen) atoms. The predicted molar refractivity (Wildman–Crippen MR) is 144 cm³/mol. The summed E-state index contributed by atoms with van der Waals surface area (Å²) in [5.41, 5.74) is 5.00. The standard InChI is InChI=1S/C29H42N2O5/c1-7-23(8-2)19-31(29(34)30-27-21(5)16-20(4)17-22(27)6)14-15-36-25-12-10-24(11-13-25)18-26(28(32)33)35-9-3/h10-13,16-17,23,26H,7-9,14-15,18-19H2,1-6H3,(H,30,34)(H,32,33). The number of ether oxygens (including phenoxy) is 2. The van der Waals surface area contributed by atoms with E-state index in [0.717, 1.165) is 35.2 Å². The highest BCUT2D eigenvalue weighted by molar-refractivity contribution is 5.91. The van der Waals surface area contributed by atoms with Crippen LogP contribution in [0.1, 0.15) is 55.9 Å². The van der Waals surface area contributed by atoms with Crippen molar-refractivity contribution in [2.45, 2.75) is 66.9 Å². The van der Waals surface area contributed by atoms with E-state index in [1.165, 1.54) is 5.56 Å². The van der Waals surface area contributed by atoms with E-state index in [1.54, 1.807) is 6.92 Å². The molecule has 7 heteroatoms. The van der Waals surface area contributed by atoms with Crippen LogP contribution in [0, 0.1) is 26.7 Å². The van der Waals surface area contributed by atoms with Crippen LogP contribution in [0.4, 0.5) is 10.5 Å². The molecule has 0 spiro atoms. The molecule has 0 fully saturated rings. The highest BCUT2D eigenvalue weighted by Gasteiger charge is 2.20. The fourth-order valence-electron chi connectivity index (χ4n) is 4.33. The Morgan fingerprint density at radius 2 is 1.61 bits per heavy atom. The quantitative estimate of drug-likeness (QED) is 0.334. The van der Waals surface area contributed by atoms with E-state index in [9.17, 15) is 14.7 Å². The van der Waals surface area contributed by atoms with E-state index >= 15 is 0 Å². The lowest BCUT2D eigenvalue weighted by atomic mass is 10.0. The molecule has 2 aromatic rings. The molecular weight excluding hydrogens is 456 g/mol. The fraction of sp³-hybridized carbons (Fsp3) is 0.517. The Bertz CT molecular complexity index is 963. The Kier molecular flexibility index (Phi) is 11.7. The second-order valence-electron chi connectivity index (χ2n) is 9.31. The molecule has 0 aliphatic heterocycles. The molecule has 2 N–H and O–H groups in total. The zero-order valence-electron chi connectivity index (χ0n) is 22.6. The van der Waals surface area contributed by atoms with Crippen molar-refractivity contribution >= 4 is 17.7 Å². The molecule has 0 bridgehead atoms. The maximum atomic E-state index is 13.3. The van der Waals surface area contributed by atoms with Crippen molar-refractivity contribution in [3.63, 3.8) is 0 Å². The van der Waals surface area contributed by atoms with Gasteiger partial charge in [0.2, 0.25) is 0 Å². The maximum absolute atomic E-state index is 13.3. The summed E-state index contributed by atoms with van der Waals surface area (Å²) in [6.07, 6.45) is 1.44. The van der Waals surface area contributed by atoms with Crippen LogP contribution in [0.2, 0.25) is 0 Å². The van der Waals surface area contributed by atoms with Crippen molar-refractivity contribution in [3.05, 3.63) is 58.7 Å². The van der Waals surface area contributed by atoms with Gasteiger partial charge in [-0.2, -0.15) is 0 Å². The van der Waals surface area contributed by atoms with Crippen molar-refractivity contribution < 1.29 is 24.2 Å². The Morgan fingerprint density at radius 1 is 1.00 bits per heavy atom. The van der Waals surface area contributed by atoms with Crippen LogP contribution >= 0.6 is 0 Å². The number of hydrogen-bond acceptors (Lipinski definition) is 4.